The van der Waals surface area contributed by atoms with E-state index in [1.807, 2.05) is 0 Å². The van der Waals surface area contributed by atoms with Gasteiger partial charge in [-0.3, -0.25) is 0 Å². The first-order valence-electron chi connectivity index (χ1n) is 3.67. The number of benzene rings is 1. The van der Waals surface area contributed by atoms with Crippen molar-refractivity contribution in [3.8, 4) is 0 Å². The van der Waals surface area contributed by atoms with E-state index in [4.69, 9.17) is 0 Å². The van der Waals surface area contributed by atoms with E-state index in [0.717, 1.165) is 0 Å². The van der Waals surface area contributed by atoms with E-state index in [2.05, 4.69) is 0 Å². The second kappa shape index (κ2) is 3.17. The molecule has 1 rings (SSSR count). The van der Waals surface area contributed by atoms with Gasteiger partial charge in [-0.25, -0.2) is 13.2 Å². The second-order valence-corrected chi connectivity index (χ2v) is 2.94. The molecule has 0 saturated carbocycles. The van der Waals surface area contributed by atoms with Crippen LogP contribution in [0.3, 0.4) is 0 Å². The third-order valence-corrected chi connectivity index (χ3v) is 1.62. The molecule has 0 fully saturated rings. The summed E-state index contributed by atoms with van der Waals surface area (Å²) in [7, 11) is 0. The molecule has 12 heavy (non-hydrogen) atoms. The Morgan fingerprint density at radius 3 is 1.75 bits per heavy atom. The van der Waals surface area contributed by atoms with Crippen LogP contribution in [0.5, 0.6) is 0 Å². The zero-order valence-corrected chi connectivity index (χ0v) is 6.87. The van der Waals surface area contributed by atoms with Crippen molar-refractivity contribution in [2.75, 3.05) is 0 Å². The van der Waals surface area contributed by atoms with Gasteiger partial charge in [0.15, 0.2) is 0 Å². The maximum absolute atomic E-state index is 12.9. The van der Waals surface area contributed by atoms with Crippen molar-refractivity contribution in [2.24, 2.45) is 0 Å². The number of hydrogen-bond donors (Lipinski definition) is 0. The standard InChI is InChI=1S/C9H9F3/c1-5(2)9-7(11)3-6(10)4-8(9)12/h3-5H,1-2H3. The number of rotatable bonds is 1. The highest BCUT2D eigenvalue weighted by Gasteiger charge is 2.13. The molecule has 1 aromatic carbocycles. The minimum Gasteiger partial charge on any atom is -0.207 e. The van der Waals surface area contributed by atoms with Gasteiger partial charge in [0.1, 0.15) is 17.5 Å². The van der Waals surface area contributed by atoms with Crippen LogP contribution in [0.2, 0.25) is 0 Å². The Morgan fingerprint density at radius 1 is 1.00 bits per heavy atom. The first kappa shape index (κ1) is 9.10. The van der Waals surface area contributed by atoms with Crippen molar-refractivity contribution < 1.29 is 13.2 Å². The second-order valence-electron chi connectivity index (χ2n) is 2.94. The highest BCUT2D eigenvalue weighted by molar-refractivity contribution is 5.23. The first-order chi connectivity index (χ1) is 5.52. The van der Waals surface area contributed by atoms with Gasteiger partial charge in [0.2, 0.25) is 0 Å². The van der Waals surface area contributed by atoms with Gasteiger partial charge in [-0.15, -0.1) is 0 Å². The van der Waals surface area contributed by atoms with Gasteiger partial charge in [-0.1, -0.05) is 13.8 Å². The highest BCUT2D eigenvalue weighted by atomic mass is 19.1. The van der Waals surface area contributed by atoms with Crippen LogP contribution in [0.1, 0.15) is 25.3 Å². The maximum Gasteiger partial charge on any atom is 0.132 e. The molecular weight excluding hydrogens is 165 g/mol. The molecule has 0 heterocycles. The predicted molar refractivity (Wildman–Crippen MR) is 40.4 cm³/mol. The van der Waals surface area contributed by atoms with E-state index in [0.29, 0.717) is 12.1 Å². The van der Waals surface area contributed by atoms with Crippen LogP contribution in [0.15, 0.2) is 12.1 Å². The molecule has 0 atom stereocenters. The molecule has 0 aliphatic rings. The molecule has 1 aromatic rings. The Balaban J connectivity index is 3.28. The fourth-order valence-corrected chi connectivity index (χ4v) is 1.10. The fraction of sp³-hybridized carbons (Fsp3) is 0.333. The smallest absolute Gasteiger partial charge is 0.132 e. The normalized spacial score (nSPS) is 10.8. The van der Waals surface area contributed by atoms with Crippen molar-refractivity contribution in [3.63, 3.8) is 0 Å². The van der Waals surface area contributed by atoms with Crippen LogP contribution in [0, 0.1) is 17.5 Å². The van der Waals surface area contributed by atoms with Crippen LogP contribution >= 0.6 is 0 Å². The quantitative estimate of drug-likeness (QED) is 0.613. The van der Waals surface area contributed by atoms with Crippen molar-refractivity contribution in [1.29, 1.82) is 0 Å². The lowest BCUT2D eigenvalue weighted by molar-refractivity contribution is 0.514. The van der Waals surface area contributed by atoms with Crippen molar-refractivity contribution in [3.05, 3.63) is 35.1 Å². The van der Waals surface area contributed by atoms with E-state index in [1.54, 1.807) is 13.8 Å². The van der Waals surface area contributed by atoms with Crippen LogP contribution in [-0.2, 0) is 0 Å². The summed E-state index contributed by atoms with van der Waals surface area (Å²) >= 11 is 0. The van der Waals surface area contributed by atoms with Gasteiger partial charge in [-0.05, 0) is 5.92 Å². The number of halogens is 3. The van der Waals surface area contributed by atoms with Crippen molar-refractivity contribution >= 4 is 0 Å². The van der Waals surface area contributed by atoms with E-state index in [-0.39, 0.29) is 11.5 Å². The minimum atomic E-state index is -0.880. The molecule has 0 aromatic heterocycles. The molecule has 3 heteroatoms. The maximum atomic E-state index is 12.9. The molecule has 0 amide bonds. The summed E-state index contributed by atoms with van der Waals surface area (Å²) in [4.78, 5) is 0. The Labute approximate surface area is 69.0 Å². The molecule has 66 valence electrons. The lowest BCUT2D eigenvalue weighted by atomic mass is 10.0. The molecule has 0 unspecified atom stereocenters. The lowest BCUT2D eigenvalue weighted by Crippen LogP contribution is -1.98. The van der Waals surface area contributed by atoms with Gasteiger partial charge in [0, 0.05) is 17.7 Å². The summed E-state index contributed by atoms with van der Waals surface area (Å²) in [6, 6.07) is 1.39. The van der Waals surface area contributed by atoms with E-state index >= 15 is 0 Å². The Morgan fingerprint density at radius 2 is 1.42 bits per heavy atom. The van der Waals surface area contributed by atoms with Gasteiger partial charge in [0.05, 0.1) is 0 Å². The van der Waals surface area contributed by atoms with Gasteiger partial charge in [-0.2, -0.15) is 0 Å². The topological polar surface area (TPSA) is 0 Å². The average Bonchev–Trinajstić information content (AvgIpc) is 1.82. The molecule has 0 bridgehead atoms. The van der Waals surface area contributed by atoms with Gasteiger partial charge >= 0.3 is 0 Å². The molecule has 0 aliphatic carbocycles. The summed E-state index contributed by atoms with van der Waals surface area (Å²) in [5.74, 6) is -2.79. The third kappa shape index (κ3) is 1.60. The first-order valence-corrected chi connectivity index (χ1v) is 3.67. The molecular formula is C9H9F3. The predicted octanol–water partition coefficient (Wildman–Crippen LogP) is 3.23. The molecule has 0 N–H and O–H groups in total. The van der Waals surface area contributed by atoms with Crippen LogP contribution in [0.25, 0.3) is 0 Å². The Hall–Kier alpha value is -0.990. The van der Waals surface area contributed by atoms with Crippen molar-refractivity contribution in [1.82, 2.24) is 0 Å². The fourth-order valence-electron chi connectivity index (χ4n) is 1.10. The molecule has 0 radical (unpaired) electrons. The molecule has 0 spiro atoms. The minimum absolute atomic E-state index is 0.0589. The summed E-state index contributed by atoms with van der Waals surface area (Å²) in [6.45, 7) is 3.30. The highest BCUT2D eigenvalue weighted by Crippen LogP contribution is 2.22. The molecule has 0 aliphatic heterocycles. The Kier molecular flexibility index (Phi) is 2.40. The van der Waals surface area contributed by atoms with Gasteiger partial charge < -0.3 is 0 Å². The third-order valence-electron chi connectivity index (χ3n) is 1.62. The summed E-state index contributed by atoms with van der Waals surface area (Å²) in [6.07, 6.45) is 0. The monoisotopic (exact) mass is 174 g/mol. The van der Waals surface area contributed by atoms with E-state index in [9.17, 15) is 13.2 Å². The van der Waals surface area contributed by atoms with Crippen LogP contribution in [-0.4, -0.2) is 0 Å². The molecule has 0 nitrogen and oxygen atoms in total. The zero-order valence-electron chi connectivity index (χ0n) is 6.87. The van der Waals surface area contributed by atoms with Crippen molar-refractivity contribution in [2.45, 2.75) is 19.8 Å². The summed E-state index contributed by atoms with van der Waals surface area (Å²) in [5, 5.41) is 0. The molecule has 0 saturated heterocycles. The largest absolute Gasteiger partial charge is 0.207 e. The Bertz CT molecular complexity index is 269. The lowest BCUT2D eigenvalue weighted by Gasteiger charge is -2.07. The summed E-state index contributed by atoms with van der Waals surface area (Å²) in [5.41, 5.74) is -0.0589. The van der Waals surface area contributed by atoms with Gasteiger partial charge in [0.25, 0.3) is 0 Å². The number of hydrogen-bond acceptors (Lipinski definition) is 0. The van der Waals surface area contributed by atoms with Crippen LogP contribution in [0.4, 0.5) is 13.2 Å². The summed E-state index contributed by atoms with van der Waals surface area (Å²) < 4.78 is 38.2. The SMILES string of the molecule is CC(C)c1c(F)cc(F)cc1F. The van der Waals surface area contributed by atoms with Crippen LogP contribution < -0.4 is 0 Å². The average molecular weight is 174 g/mol. The van der Waals surface area contributed by atoms with E-state index < -0.39 is 17.5 Å². The van der Waals surface area contributed by atoms with E-state index in [1.165, 1.54) is 0 Å². The zero-order chi connectivity index (χ0) is 9.30.